The molecule has 43 heavy (non-hydrogen) atoms. The second kappa shape index (κ2) is 23.8. The van der Waals surface area contributed by atoms with Crippen molar-refractivity contribution < 1.29 is 45.2 Å². The van der Waals surface area contributed by atoms with Gasteiger partial charge in [0.1, 0.15) is 0 Å². The molecule has 0 aliphatic heterocycles. The molecule has 0 saturated heterocycles. The van der Waals surface area contributed by atoms with Gasteiger partial charge in [-0.3, -0.25) is 0 Å². The summed E-state index contributed by atoms with van der Waals surface area (Å²) in [5.74, 6) is 5.28. The second-order valence-electron chi connectivity index (χ2n) is 15.4. The smallest absolute Gasteiger partial charge is 1.00 e. The van der Waals surface area contributed by atoms with Crippen LogP contribution < -0.4 is 24.8 Å². The normalized spacial score (nSPS) is 22.1. The predicted octanol–water partition coefficient (Wildman–Crippen LogP) is 6.73. The number of hydrogen-bond acceptors (Lipinski definition) is 0. The van der Waals surface area contributed by atoms with Crippen molar-refractivity contribution in [2.24, 2.45) is 35.5 Å². The molecule has 0 aromatic rings. The summed E-state index contributed by atoms with van der Waals surface area (Å²) in [6, 6.07) is 0. The molecule has 5 heteroatoms. The molecular formula is C38H70Cl2P2Pd. The summed E-state index contributed by atoms with van der Waals surface area (Å²) in [5, 5.41) is 0.825. The number of rotatable bonds is 10. The van der Waals surface area contributed by atoms with Gasteiger partial charge in [-0.15, -0.1) is 18.5 Å². The largest absolute Gasteiger partial charge is 2.00 e. The maximum atomic E-state index is 3.35. The second-order valence-corrected chi connectivity index (χ2v) is 17.4. The van der Waals surface area contributed by atoms with Crippen LogP contribution in [0.2, 0.25) is 0 Å². The molecule has 0 spiro atoms. The van der Waals surface area contributed by atoms with E-state index in [1.165, 1.54) is 141 Å². The molecule has 0 radical (unpaired) electrons. The van der Waals surface area contributed by atoms with E-state index in [1.54, 1.807) is 0 Å². The van der Waals surface area contributed by atoms with Gasteiger partial charge >= 0.3 is 20.4 Å². The zero-order valence-electron chi connectivity index (χ0n) is 28.6. The van der Waals surface area contributed by atoms with Crippen molar-refractivity contribution in [3.63, 3.8) is 0 Å². The molecule has 256 valence electrons. The van der Waals surface area contributed by atoms with Gasteiger partial charge in [-0.05, 0) is 99.7 Å². The summed E-state index contributed by atoms with van der Waals surface area (Å²) in [6.07, 6.45) is 42.1. The quantitative estimate of drug-likeness (QED) is 0.132. The monoisotopic (exact) mass is 764 g/mol. The number of halogens is 2. The standard InChI is InChI=1S/2C19H35P.2ClH.Pd/c2*1-16(2)10-9-15-19(20,17-11-5-3-6-12-17)18-13-7-4-8-14-18;;;/h2*9,15-18H,3-8,10-14,20H2,1-2H3;2*1H;/q;;;;+2/p-2. The van der Waals surface area contributed by atoms with Gasteiger partial charge in [0.15, 0.2) is 0 Å². The van der Waals surface area contributed by atoms with Crippen LogP contribution in [0.1, 0.15) is 169 Å². The molecule has 0 heterocycles. The SMILES string of the molecule is CC(C)CC=CC(P)(C1CCCCC1)C1CCCCC1.CC(C)CC=CC(P)(C1CCCCC1)C1CCCCC1.[Cl-].[Cl-].[Pd+2]. The van der Waals surface area contributed by atoms with E-state index >= 15 is 0 Å². The Hall–Kier alpha value is 1.58. The number of allylic oxidation sites excluding steroid dienone is 4. The maximum absolute atomic E-state index is 3.35. The Labute approximate surface area is 301 Å². The van der Waals surface area contributed by atoms with E-state index in [9.17, 15) is 0 Å². The van der Waals surface area contributed by atoms with Gasteiger partial charge in [-0.1, -0.05) is 129 Å². The molecular weight excluding hydrogens is 696 g/mol. The van der Waals surface area contributed by atoms with Crippen molar-refractivity contribution in [1.82, 2.24) is 0 Å². The summed E-state index contributed by atoms with van der Waals surface area (Å²) in [5.41, 5.74) is 0. The fourth-order valence-electron chi connectivity index (χ4n) is 8.71. The van der Waals surface area contributed by atoms with Crippen molar-refractivity contribution >= 4 is 18.5 Å². The van der Waals surface area contributed by atoms with Crippen molar-refractivity contribution in [2.45, 2.75) is 179 Å². The minimum atomic E-state index is 0. The third kappa shape index (κ3) is 14.7. The fourth-order valence-corrected chi connectivity index (χ4v) is 10.3. The van der Waals surface area contributed by atoms with E-state index in [1.807, 2.05) is 0 Å². The first-order valence-corrected chi connectivity index (χ1v) is 19.3. The van der Waals surface area contributed by atoms with Crippen molar-refractivity contribution in [3.05, 3.63) is 24.3 Å². The third-order valence-corrected chi connectivity index (χ3v) is 13.5. The van der Waals surface area contributed by atoms with Gasteiger partial charge in [0.25, 0.3) is 0 Å². The van der Waals surface area contributed by atoms with Gasteiger partial charge in [0.2, 0.25) is 0 Å². The molecule has 0 bridgehead atoms. The van der Waals surface area contributed by atoms with Crippen LogP contribution in [0.15, 0.2) is 24.3 Å². The van der Waals surface area contributed by atoms with Crippen LogP contribution in [-0.4, -0.2) is 10.3 Å². The molecule has 4 fully saturated rings. The molecule has 4 saturated carbocycles. The van der Waals surface area contributed by atoms with Crippen LogP contribution >= 0.6 is 18.5 Å². The number of hydrogen-bond donors (Lipinski definition) is 0. The first-order valence-electron chi connectivity index (χ1n) is 18.2. The van der Waals surface area contributed by atoms with Gasteiger partial charge in [0.05, 0.1) is 0 Å². The zero-order chi connectivity index (χ0) is 28.8. The van der Waals surface area contributed by atoms with E-state index in [0.717, 1.165) is 35.5 Å². The Kier molecular flexibility index (Phi) is 24.7. The molecule has 0 amide bonds. The fraction of sp³-hybridized carbons (Fsp3) is 0.895. The first kappa shape index (κ1) is 44.6. The van der Waals surface area contributed by atoms with Crippen molar-refractivity contribution in [3.8, 4) is 0 Å². The third-order valence-electron chi connectivity index (χ3n) is 11.3. The summed E-state index contributed by atoms with van der Waals surface area (Å²) in [4.78, 5) is 0. The Morgan fingerprint density at radius 2 is 0.674 bits per heavy atom. The molecule has 2 unspecified atom stereocenters. The molecule has 2 atom stereocenters. The molecule has 0 N–H and O–H groups in total. The Morgan fingerprint density at radius 1 is 0.465 bits per heavy atom. The Bertz CT molecular complexity index is 630. The average Bonchev–Trinajstić information content (AvgIpc) is 2.99. The predicted molar refractivity (Wildman–Crippen MR) is 188 cm³/mol. The Morgan fingerprint density at radius 3 is 0.860 bits per heavy atom. The van der Waals surface area contributed by atoms with Crippen LogP contribution in [0.3, 0.4) is 0 Å². The summed E-state index contributed by atoms with van der Waals surface area (Å²) >= 11 is 0. The summed E-state index contributed by atoms with van der Waals surface area (Å²) in [7, 11) is 6.69. The summed E-state index contributed by atoms with van der Waals surface area (Å²) in [6.45, 7) is 9.32. The Balaban J connectivity index is 0.000000767. The van der Waals surface area contributed by atoms with E-state index in [4.69, 9.17) is 0 Å². The minimum absolute atomic E-state index is 0. The first-order chi connectivity index (χ1) is 19.3. The van der Waals surface area contributed by atoms with E-state index in [-0.39, 0.29) is 45.2 Å². The van der Waals surface area contributed by atoms with Gasteiger partial charge in [-0.2, -0.15) is 0 Å². The van der Waals surface area contributed by atoms with E-state index in [0.29, 0.717) is 10.3 Å². The zero-order valence-corrected chi connectivity index (χ0v) is 33.9. The van der Waals surface area contributed by atoms with Gasteiger partial charge in [0, 0.05) is 10.3 Å². The molecule has 0 nitrogen and oxygen atoms in total. The summed E-state index contributed by atoms with van der Waals surface area (Å²) < 4.78 is 0. The molecule has 4 aliphatic rings. The van der Waals surface area contributed by atoms with Crippen LogP contribution in [0.5, 0.6) is 0 Å². The molecule has 0 aromatic heterocycles. The topological polar surface area (TPSA) is 0 Å². The van der Waals surface area contributed by atoms with E-state index in [2.05, 4.69) is 70.5 Å². The average molecular weight is 766 g/mol. The van der Waals surface area contributed by atoms with Crippen molar-refractivity contribution in [2.75, 3.05) is 0 Å². The van der Waals surface area contributed by atoms with Crippen molar-refractivity contribution in [1.29, 1.82) is 0 Å². The van der Waals surface area contributed by atoms with Crippen LogP contribution in [0.4, 0.5) is 0 Å². The van der Waals surface area contributed by atoms with Crippen LogP contribution in [0, 0.1) is 35.5 Å². The van der Waals surface area contributed by atoms with Gasteiger partial charge in [-0.25, -0.2) is 0 Å². The maximum Gasteiger partial charge on any atom is 2.00 e. The minimum Gasteiger partial charge on any atom is -1.00 e. The molecule has 0 aromatic carbocycles. The molecule has 4 rings (SSSR count). The van der Waals surface area contributed by atoms with E-state index < -0.39 is 0 Å². The van der Waals surface area contributed by atoms with Crippen LogP contribution in [0.25, 0.3) is 0 Å². The van der Waals surface area contributed by atoms with Gasteiger partial charge < -0.3 is 24.8 Å². The van der Waals surface area contributed by atoms with Crippen LogP contribution in [-0.2, 0) is 20.4 Å². The molecule has 4 aliphatic carbocycles.